The zero-order chi connectivity index (χ0) is 16.4. The van der Waals surface area contributed by atoms with Crippen molar-refractivity contribution in [3.63, 3.8) is 0 Å². The molecule has 2 aromatic rings. The molecule has 126 valence electrons. The molecule has 0 spiro atoms. The highest BCUT2D eigenvalue weighted by Gasteiger charge is 2.38. The molecule has 3 heteroatoms. The maximum atomic E-state index is 5.91. The standard InChI is InChI=1S/C21H28BNO/c1-16-20(23-21(24-16)17-8-3-2-4-9-17)14-7-15-22-18-10-5-11-19(22)13-6-12-18/h2-4,8-9,18-19H,5-7,10-15H2,1H3. The molecule has 2 saturated heterocycles. The molecule has 0 saturated carbocycles. The molecule has 0 radical (unpaired) electrons. The van der Waals surface area contributed by atoms with E-state index in [1.54, 1.807) is 0 Å². The number of fused-ring (bicyclic) bond motifs is 2. The van der Waals surface area contributed by atoms with Crippen molar-refractivity contribution in [3.8, 4) is 11.5 Å². The second-order valence-electron chi connectivity index (χ2n) is 7.83. The minimum Gasteiger partial charge on any atom is -0.441 e. The fourth-order valence-electron chi connectivity index (χ4n) is 5.16. The van der Waals surface area contributed by atoms with Crippen molar-refractivity contribution in [1.29, 1.82) is 0 Å². The van der Waals surface area contributed by atoms with Crippen LogP contribution in [0.3, 0.4) is 0 Å². The van der Waals surface area contributed by atoms with Crippen molar-refractivity contribution >= 4 is 6.71 Å². The van der Waals surface area contributed by atoms with Crippen LogP contribution in [0.15, 0.2) is 34.7 Å². The van der Waals surface area contributed by atoms with Crippen LogP contribution in [0.25, 0.3) is 11.5 Å². The van der Waals surface area contributed by atoms with Crippen molar-refractivity contribution in [2.24, 2.45) is 0 Å². The number of hydrogen-bond donors (Lipinski definition) is 0. The Bertz CT molecular complexity index is 644. The highest BCUT2D eigenvalue weighted by molar-refractivity contribution is 6.62. The predicted octanol–water partition coefficient (Wildman–Crippen LogP) is 6.19. The first-order valence-corrected chi connectivity index (χ1v) is 9.83. The number of aromatic nitrogens is 1. The molecule has 24 heavy (non-hydrogen) atoms. The Morgan fingerprint density at radius 3 is 2.38 bits per heavy atom. The topological polar surface area (TPSA) is 26.0 Å². The van der Waals surface area contributed by atoms with Gasteiger partial charge in [0.15, 0.2) is 0 Å². The molecule has 0 unspecified atom stereocenters. The molecule has 3 heterocycles. The molecule has 0 amide bonds. The van der Waals surface area contributed by atoms with Crippen LogP contribution < -0.4 is 0 Å². The van der Waals surface area contributed by atoms with Crippen molar-refractivity contribution < 1.29 is 4.42 Å². The third-order valence-electron chi connectivity index (χ3n) is 6.38. The van der Waals surface area contributed by atoms with E-state index in [1.165, 1.54) is 51.3 Å². The Morgan fingerprint density at radius 2 is 1.71 bits per heavy atom. The zero-order valence-corrected chi connectivity index (χ0v) is 14.8. The van der Waals surface area contributed by atoms with Crippen LogP contribution in [0.1, 0.15) is 56.4 Å². The van der Waals surface area contributed by atoms with Crippen molar-refractivity contribution in [3.05, 3.63) is 41.8 Å². The maximum Gasteiger partial charge on any atom is 0.226 e. The van der Waals surface area contributed by atoms with E-state index in [4.69, 9.17) is 9.40 Å². The first-order valence-electron chi connectivity index (χ1n) is 9.83. The number of nitrogens with zero attached hydrogens (tertiary/aromatic N) is 1. The fourth-order valence-corrected chi connectivity index (χ4v) is 5.16. The van der Waals surface area contributed by atoms with E-state index in [0.717, 1.165) is 47.7 Å². The summed E-state index contributed by atoms with van der Waals surface area (Å²) in [7, 11) is 0. The number of aryl methyl sites for hydroxylation is 2. The van der Waals surface area contributed by atoms with E-state index in [9.17, 15) is 0 Å². The van der Waals surface area contributed by atoms with Crippen molar-refractivity contribution in [1.82, 2.24) is 4.98 Å². The summed E-state index contributed by atoms with van der Waals surface area (Å²) >= 11 is 0. The number of hydrogen-bond acceptors (Lipinski definition) is 2. The van der Waals surface area contributed by atoms with Gasteiger partial charge in [0, 0.05) is 5.56 Å². The predicted molar refractivity (Wildman–Crippen MR) is 101 cm³/mol. The monoisotopic (exact) mass is 321 g/mol. The van der Waals surface area contributed by atoms with Crippen LogP contribution >= 0.6 is 0 Å². The van der Waals surface area contributed by atoms with Gasteiger partial charge in [-0.1, -0.05) is 81.1 Å². The molecule has 0 aliphatic carbocycles. The second-order valence-corrected chi connectivity index (χ2v) is 7.83. The summed E-state index contributed by atoms with van der Waals surface area (Å²) in [4.78, 5) is 4.77. The third-order valence-corrected chi connectivity index (χ3v) is 6.38. The van der Waals surface area contributed by atoms with Crippen LogP contribution in [0, 0.1) is 6.92 Å². The molecule has 4 rings (SSSR count). The summed E-state index contributed by atoms with van der Waals surface area (Å²) in [6, 6.07) is 10.2. The smallest absolute Gasteiger partial charge is 0.226 e. The second kappa shape index (κ2) is 7.17. The molecule has 1 aromatic carbocycles. The summed E-state index contributed by atoms with van der Waals surface area (Å²) in [5, 5.41) is 0. The van der Waals surface area contributed by atoms with Crippen LogP contribution in [0.2, 0.25) is 18.0 Å². The van der Waals surface area contributed by atoms with E-state index >= 15 is 0 Å². The Hall–Kier alpha value is -1.51. The lowest BCUT2D eigenvalue weighted by Crippen LogP contribution is -2.34. The molecule has 2 nitrogen and oxygen atoms in total. The van der Waals surface area contributed by atoms with E-state index < -0.39 is 0 Å². The summed E-state index contributed by atoms with van der Waals surface area (Å²) in [5.41, 5.74) is 2.24. The molecule has 0 atom stereocenters. The van der Waals surface area contributed by atoms with Crippen molar-refractivity contribution in [2.45, 2.75) is 76.2 Å². The Labute approximate surface area is 146 Å². The number of rotatable bonds is 5. The number of oxazole rings is 1. The first-order chi connectivity index (χ1) is 11.8. The highest BCUT2D eigenvalue weighted by Crippen LogP contribution is 2.48. The van der Waals surface area contributed by atoms with Crippen LogP contribution in [-0.4, -0.2) is 11.7 Å². The van der Waals surface area contributed by atoms with Crippen LogP contribution in [0.5, 0.6) is 0 Å². The Kier molecular flexibility index (Phi) is 4.77. The van der Waals surface area contributed by atoms with Crippen molar-refractivity contribution in [2.75, 3.05) is 0 Å². The lowest BCUT2D eigenvalue weighted by Gasteiger charge is -2.40. The van der Waals surface area contributed by atoms with Gasteiger partial charge in [0.1, 0.15) is 12.5 Å². The van der Waals surface area contributed by atoms with Crippen LogP contribution in [-0.2, 0) is 6.42 Å². The van der Waals surface area contributed by atoms with E-state index in [-0.39, 0.29) is 0 Å². The van der Waals surface area contributed by atoms with Gasteiger partial charge in [0.25, 0.3) is 0 Å². The maximum absolute atomic E-state index is 5.91. The normalized spacial score (nSPS) is 23.5. The van der Waals surface area contributed by atoms with Gasteiger partial charge in [-0.15, -0.1) is 0 Å². The average molecular weight is 321 g/mol. The Balaban J connectivity index is 1.37. The summed E-state index contributed by atoms with van der Waals surface area (Å²) in [6.07, 6.45) is 12.6. The third kappa shape index (κ3) is 3.31. The number of benzene rings is 1. The minimum atomic E-state index is 0.776. The van der Waals surface area contributed by atoms with E-state index in [1.807, 2.05) is 18.2 Å². The summed E-state index contributed by atoms with van der Waals surface area (Å²) < 4.78 is 5.91. The van der Waals surface area contributed by atoms with Gasteiger partial charge in [-0.05, 0) is 25.5 Å². The van der Waals surface area contributed by atoms with Crippen LogP contribution in [0.4, 0.5) is 0 Å². The largest absolute Gasteiger partial charge is 0.441 e. The molecular weight excluding hydrogens is 293 g/mol. The SMILES string of the molecule is Cc1oc(-c2ccccc2)nc1CCCB1C2CCCC1CCC2. The zero-order valence-electron chi connectivity index (χ0n) is 14.8. The van der Waals surface area contributed by atoms with Gasteiger partial charge in [-0.3, -0.25) is 0 Å². The van der Waals surface area contributed by atoms with Gasteiger partial charge in [-0.2, -0.15) is 0 Å². The molecule has 2 bridgehead atoms. The summed E-state index contributed by atoms with van der Waals surface area (Å²) in [6.45, 7) is 3.05. The van der Waals surface area contributed by atoms with Gasteiger partial charge in [0.2, 0.25) is 5.89 Å². The quantitative estimate of drug-likeness (QED) is 0.614. The highest BCUT2D eigenvalue weighted by atomic mass is 16.4. The van der Waals surface area contributed by atoms with Gasteiger partial charge in [0.05, 0.1) is 5.69 Å². The van der Waals surface area contributed by atoms with Gasteiger partial charge >= 0.3 is 0 Å². The summed E-state index contributed by atoms with van der Waals surface area (Å²) in [5.74, 6) is 3.82. The van der Waals surface area contributed by atoms with E-state index in [2.05, 4.69) is 19.1 Å². The molecule has 2 aliphatic rings. The first kappa shape index (κ1) is 16.0. The van der Waals surface area contributed by atoms with Gasteiger partial charge in [-0.25, -0.2) is 4.98 Å². The van der Waals surface area contributed by atoms with E-state index in [0.29, 0.717) is 0 Å². The fraction of sp³-hybridized carbons (Fsp3) is 0.571. The molecule has 0 N–H and O–H groups in total. The van der Waals surface area contributed by atoms with Gasteiger partial charge < -0.3 is 4.42 Å². The average Bonchev–Trinajstić information content (AvgIpc) is 2.96. The molecule has 1 aromatic heterocycles. The molecular formula is C21H28BNO. The lowest BCUT2D eigenvalue weighted by molar-refractivity contribution is 0.440. The molecule has 2 aliphatic heterocycles. The Morgan fingerprint density at radius 1 is 1.04 bits per heavy atom. The minimum absolute atomic E-state index is 0.776. The lowest BCUT2D eigenvalue weighted by atomic mass is 9.26. The molecule has 2 fully saturated rings.